The van der Waals surface area contributed by atoms with Crippen LogP contribution in [-0.4, -0.2) is 33.4 Å². The Balaban J connectivity index is 2.15. The van der Waals surface area contributed by atoms with Crippen molar-refractivity contribution >= 4 is 38.9 Å². The topological polar surface area (TPSA) is 102 Å². The molecule has 0 saturated carbocycles. The van der Waals surface area contributed by atoms with E-state index in [0.717, 1.165) is 35.6 Å². The van der Waals surface area contributed by atoms with E-state index >= 15 is 0 Å². The molecule has 140 valence electrons. The van der Waals surface area contributed by atoms with Gasteiger partial charge in [0.15, 0.2) is 0 Å². The molecule has 0 fully saturated rings. The molecule has 2 aromatic rings. The van der Waals surface area contributed by atoms with Gasteiger partial charge in [-0.2, -0.15) is 4.72 Å². The summed E-state index contributed by atoms with van der Waals surface area (Å²) in [5.41, 5.74) is 0.242. The number of amides is 1. The van der Waals surface area contributed by atoms with Crippen LogP contribution in [0.15, 0.2) is 40.6 Å². The lowest BCUT2D eigenvalue weighted by Gasteiger charge is -2.17. The summed E-state index contributed by atoms with van der Waals surface area (Å²) in [6, 6.07) is 4.70. The van der Waals surface area contributed by atoms with Crippen molar-refractivity contribution in [3.05, 3.63) is 46.4 Å². The largest absolute Gasteiger partial charge is 0.465 e. The molecular weight excluding hydrogens is 383 g/mol. The van der Waals surface area contributed by atoms with Crippen molar-refractivity contribution in [3.63, 3.8) is 0 Å². The molecule has 2 N–H and O–H groups in total. The van der Waals surface area contributed by atoms with Gasteiger partial charge < -0.3 is 10.1 Å². The summed E-state index contributed by atoms with van der Waals surface area (Å²) >= 11 is 1.09. The fourth-order valence-corrected chi connectivity index (χ4v) is 4.11. The average Bonchev–Trinajstić information content (AvgIpc) is 3.07. The number of carbonyl (C=O) groups is 2. The smallest absolute Gasteiger partial charge is 0.350 e. The molecule has 0 bridgehead atoms. The Hall–Kier alpha value is -2.30. The highest BCUT2D eigenvalue weighted by Crippen LogP contribution is 2.23. The number of rotatable bonds is 7. The third kappa shape index (κ3) is 4.65. The minimum Gasteiger partial charge on any atom is -0.465 e. The number of anilines is 1. The number of carbonyl (C=O) groups excluding carboxylic acids is 2. The van der Waals surface area contributed by atoms with Crippen molar-refractivity contribution in [2.24, 2.45) is 0 Å². The number of hydrogen-bond acceptors (Lipinski definition) is 6. The molecule has 2 rings (SSSR count). The molecule has 0 spiro atoms. The summed E-state index contributed by atoms with van der Waals surface area (Å²) in [4.78, 5) is 24.1. The number of sulfonamides is 1. The first-order chi connectivity index (χ1) is 12.3. The second kappa shape index (κ2) is 8.39. The van der Waals surface area contributed by atoms with Crippen LogP contribution in [0.3, 0.4) is 0 Å². The monoisotopic (exact) mass is 400 g/mol. The number of benzene rings is 1. The van der Waals surface area contributed by atoms with Crippen molar-refractivity contribution < 1.29 is 27.1 Å². The number of halogens is 1. The molecule has 1 unspecified atom stereocenters. The highest BCUT2D eigenvalue weighted by molar-refractivity contribution is 7.89. The first-order valence-corrected chi connectivity index (χ1v) is 9.89. The van der Waals surface area contributed by atoms with Crippen molar-refractivity contribution in [2.75, 3.05) is 12.4 Å². The molecule has 0 radical (unpaired) electrons. The van der Waals surface area contributed by atoms with Crippen LogP contribution in [-0.2, 0) is 19.6 Å². The van der Waals surface area contributed by atoms with E-state index in [2.05, 4.69) is 14.8 Å². The maximum Gasteiger partial charge on any atom is 0.350 e. The van der Waals surface area contributed by atoms with Gasteiger partial charge in [-0.05, 0) is 42.1 Å². The van der Waals surface area contributed by atoms with Gasteiger partial charge in [-0.3, -0.25) is 4.79 Å². The molecule has 1 aromatic carbocycles. The molecule has 1 amide bonds. The van der Waals surface area contributed by atoms with Gasteiger partial charge in [-0.1, -0.05) is 6.92 Å². The Bertz CT molecular complexity index is 894. The summed E-state index contributed by atoms with van der Waals surface area (Å²) in [6.45, 7) is 1.63. The zero-order valence-electron chi connectivity index (χ0n) is 14.0. The summed E-state index contributed by atoms with van der Waals surface area (Å²) in [5.74, 6) is -1.79. The molecule has 0 aliphatic heterocycles. The van der Waals surface area contributed by atoms with Gasteiger partial charge in [0.2, 0.25) is 15.9 Å². The lowest BCUT2D eigenvalue weighted by Crippen LogP contribution is -2.43. The summed E-state index contributed by atoms with van der Waals surface area (Å²) in [7, 11) is -2.79. The summed E-state index contributed by atoms with van der Waals surface area (Å²) in [6.07, 6.45) is 0.171. The fraction of sp³-hybridized carbons (Fsp3) is 0.250. The molecule has 1 aromatic heterocycles. The maximum absolute atomic E-state index is 13.0. The molecule has 1 atom stereocenters. The van der Waals surface area contributed by atoms with Gasteiger partial charge in [-0.15, -0.1) is 11.3 Å². The van der Waals surface area contributed by atoms with Crippen molar-refractivity contribution in [1.29, 1.82) is 0 Å². The van der Waals surface area contributed by atoms with Gasteiger partial charge in [0.25, 0.3) is 0 Å². The van der Waals surface area contributed by atoms with E-state index in [0.29, 0.717) is 0 Å². The fourth-order valence-electron chi connectivity index (χ4n) is 2.07. The van der Waals surface area contributed by atoms with Gasteiger partial charge in [0.05, 0.1) is 17.7 Å². The lowest BCUT2D eigenvalue weighted by atomic mass is 10.2. The molecule has 0 aliphatic carbocycles. The zero-order chi connectivity index (χ0) is 19.3. The van der Waals surface area contributed by atoms with Crippen molar-refractivity contribution in [3.8, 4) is 0 Å². The van der Waals surface area contributed by atoms with E-state index in [1.54, 1.807) is 12.3 Å². The second-order valence-electron chi connectivity index (χ2n) is 5.18. The molecule has 26 heavy (non-hydrogen) atoms. The van der Waals surface area contributed by atoms with Gasteiger partial charge >= 0.3 is 5.97 Å². The van der Waals surface area contributed by atoms with E-state index in [9.17, 15) is 22.4 Å². The van der Waals surface area contributed by atoms with Gasteiger partial charge in [-0.25, -0.2) is 17.6 Å². The van der Waals surface area contributed by atoms with Crippen LogP contribution >= 0.6 is 11.3 Å². The first kappa shape index (κ1) is 20.0. The Labute approximate surface area is 154 Å². The Morgan fingerprint density at radius 1 is 1.23 bits per heavy atom. The van der Waals surface area contributed by atoms with Crippen LogP contribution in [0, 0.1) is 5.82 Å². The van der Waals surface area contributed by atoms with Crippen LogP contribution < -0.4 is 10.0 Å². The van der Waals surface area contributed by atoms with Gasteiger partial charge in [0, 0.05) is 0 Å². The summed E-state index contributed by atoms with van der Waals surface area (Å²) < 4.78 is 44.6. The van der Waals surface area contributed by atoms with Crippen LogP contribution in [0.5, 0.6) is 0 Å². The van der Waals surface area contributed by atoms with Crippen molar-refractivity contribution in [1.82, 2.24) is 4.72 Å². The van der Waals surface area contributed by atoms with Crippen LogP contribution in [0.4, 0.5) is 10.1 Å². The number of esters is 1. The molecule has 1 heterocycles. The standard InChI is InChI=1S/C16H17FN2O5S2/c1-3-12(19-26(22,23)11-6-4-10(17)5-7-11)15(20)18-13-8-9-25-14(13)16(21)24-2/h4-9,12,19H,3H2,1-2H3,(H,18,20). The third-order valence-electron chi connectivity index (χ3n) is 3.44. The quantitative estimate of drug-likeness (QED) is 0.695. The minimum absolute atomic E-state index is 0.157. The molecular formula is C16H17FN2O5S2. The number of hydrogen-bond donors (Lipinski definition) is 2. The van der Waals surface area contributed by atoms with E-state index < -0.39 is 33.8 Å². The van der Waals surface area contributed by atoms with E-state index in [-0.39, 0.29) is 21.9 Å². The second-order valence-corrected chi connectivity index (χ2v) is 7.81. The van der Waals surface area contributed by atoms with E-state index in [1.807, 2.05) is 0 Å². The number of thiophene rings is 1. The zero-order valence-corrected chi connectivity index (χ0v) is 15.6. The minimum atomic E-state index is -4.01. The third-order valence-corrected chi connectivity index (χ3v) is 5.82. The predicted octanol–water partition coefficient (Wildman–Crippen LogP) is 2.37. The SMILES string of the molecule is CCC(NS(=O)(=O)c1ccc(F)cc1)C(=O)Nc1ccsc1C(=O)OC. The van der Waals surface area contributed by atoms with Crippen molar-refractivity contribution in [2.45, 2.75) is 24.3 Å². The van der Waals surface area contributed by atoms with Crippen LogP contribution in [0.1, 0.15) is 23.0 Å². The van der Waals surface area contributed by atoms with Crippen LogP contribution in [0.25, 0.3) is 0 Å². The average molecular weight is 400 g/mol. The predicted molar refractivity (Wildman–Crippen MR) is 95.1 cm³/mol. The molecule has 10 heteroatoms. The number of nitrogens with one attached hydrogen (secondary N) is 2. The number of methoxy groups -OCH3 is 1. The molecule has 0 saturated heterocycles. The summed E-state index contributed by atoms with van der Waals surface area (Å²) in [5, 5.41) is 4.13. The highest BCUT2D eigenvalue weighted by Gasteiger charge is 2.26. The number of ether oxygens (including phenoxy) is 1. The first-order valence-electron chi connectivity index (χ1n) is 7.53. The Kier molecular flexibility index (Phi) is 6.46. The van der Waals surface area contributed by atoms with Crippen LogP contribution in [0.2, 0.25) is 0 Å². The highest BCUT2D eigenvalue weighted by atomic mass is 32.2. The Morgan fingerprint density at radius 3 is 2.46 bits per heavy atom. The molecule has 7 nitrogen and oxygen atoms in total. The van der Waals surface area contributed by atoms with E-state index in [4.69, 9.17) is 0 Å². The molecule has 0 aliphatic rings. The maximum atomic E-state index is 13.0. The van der Waals surface area contributed by atoms with Gasteiger partial charge in [0.1, 0.15) is 16.7 Å². The normalized spacial score (nSPS) is 12.4. The Morgan fingerprint density at radius 2 is 1.88 bits per heavy atom. The van der Waals surface area contributed by atoms with E-state index in [1.165, 1.54) is 13.2 Å². The lowest BCUT2D eigenvalue weighted by molar-refractivity contribution is -0.117.